The van der Waals surface area contributed by atoms with Gasteiger partial charge in [0.25, 0.3) is 0 Å². The molecule has 10 aromatic rings. The fourth-order valence-corrected chi connectivity index (χ4v) is 12.0. The first kappa shape index (κ1) is 38.3. The number of fused-ring (bicyclic) bond motifs is 17. The molecule has 0 fully saturated rings. The zero-order valence-corrected chi connectivity index (χ0v) is 37.8. The topological polar surface area (TPSA) is 44.1 Å². The highest BCUT2D eigenvalue weighted by Crippen LogP contribution is 2.64. The Hall–Kier alpha value is -7.93. The van der Waals surface area contributed by atoms with E-state index in [1.807, 2.05) is 42.5 Å². The molecule has 0 bridgehead atoms. The third-order valence-electron chi connectivity index (χ3n) is 14.0. The maximum absolute atomic E-state index is 7.28. The van der Waals surface area contributed by atoms with Crippen LogP contribution in [0.1, 0.15) is 59.7 Å². The summed E-state index contributed by atoms with van der Waals surface area (Å²) in [7, 11) is 0. The number of hydrogen-bond acceptors (Lipinski definition) is 6. The molecule has 3 heterocycles. The molecule has 320 valence electrons. The Morgan fingerprint density at radius 2 is 1.10 bits per heavy atom. The van der Waals surface area contributed by atoms with Gasteiger partial charge in [0.05, 0.1) is 26.6 Å². The van der Waals surface area contributed by atoms with Gasteiger partial charge >= 0.3 is 0 Å². The first-order valence-corrected chi connectivity index (χ1v) is 23.6. The van der Waals surface area contributed by atoms with Gasteiger partial charge in [-0.1, -0.05) is 148 Å². The molecule has 0 saturated heterocycles. The smallest absolute Gasteiger partial charge is 0.170 e. The van der Waals surface area contributed by atoms with E-state index in [0.717, 1.165) is 82.5 Å². The number of furan rings is 1. The van der Waals surface area contributed by atoms with E-state index in [1.165, 1.54) is 27.8 Å². The second-order valence-corrected chi connectivity index (χ2v) is 19.8. The van der Waals surface area contributed by atoms with Crippen molar-refractivity contribution in [3.8, 4) is 45.6 Å². The van der Waals surface area contributed by atoms with Crippen molar-refractivity contribution in [2.75, 3.05) is 4.90 Å². The van der Waals surface area contributed by atoms with Crippen LogP contribution in [0, 0.1) is 0 Å². The molecule has 1 spiro atoms. The minimum atomic E-state index is -0.803. The van der Waals surface area contributed by atoms with Crippen molar-refractivity contribution in [2.45, 2.75) is 41.4 Å². The van der Waals surface area contributed by atoms with Crippen LogP contribution < -0.4 is 19.1 Å². The maximum atomic E-state index is 7.28. The molecular formula is C61H41NO4S. The molecule has 1 aromatic heterocycles. The predicted octanol–water partition coefficient (Wildman–Crippen LogP) is 17.4. The van der Waals surface area contributed by atoms with Crippen molar-refractivity contribution >= 4 is 62.9 Å². The molecule has 0 saturated carbocycles. The molecule has 0 unspecified atom stereocenters. The van der Waals surface area contributed by atoms with Gasteiger partial charge in [0.1, 0.15) is 16.9 Å². The molecule has 0 amide bonds. The van der Waals surface area contributed by atoms with Crippen molar-refractivity contribution in [3.05, 3.63) is 221 Å². The summed E-state index contributed by atoms with van der Waals surface area (Å²) in [5.74, 6) is 4.37. The Morgan fingerprint density at radius 3 is 1.85 bits per heavy atom. The van der Waals surface area contributed by atoms with Crippen LogP contribution in [0.3, 0.4) is 0 Å². The zero-order valence-electron chi connectivity index (χ0n) is 37.0. The highest BCUT2D eigenvalue weighted by Gasteiger charge is 2.50. The highest BCUT2D eigenvalue weighted by molar-refractivity contribution is 7.99. The first-order valence-electron chi connectivity index (χ1n) is 22.8. The van der Waals surface area contributed by atoms with E-state index < -0.39 is 5.41 Å². The second kappa shape index (κ2) is 14.0. The molecule has 5 nitrogen and oxygen atoms in total. The van der Waals surface area contributed by atoms with E-state index >= 15 is 0 Å². The number of hydrogen-bond donors (Lipinski definition) is 0. The van der Waals surface area contributed by atoms with E-state index in [1.54, 1.807) is 11.8 Å². The number of nitrogens with zero attached hydrogens (tertiary/aromatic N) is 1. The number of benzene rings is 9. The summed E-state index contributed by atoms with van der Waals surface area (Å²) in [6.45, 7) is 6.78. The number of anilines is 3. The Bertz CT molecular complexity index is 3720. The Balaban J connectivity index is 1.10. The van der Waals surface area contributed by atoms with Gasteiger partial charge in [-0.25, -0.2) is 0 Å². The SMILES string of the molecule is CC(C)(C)c1ccc(N(c2ccc3c(c2)oc2ccccc23)c2cc3c(c4c2Oc2ccccc2S4)C=Cc2cc4c(cc2C32c3ccccc3-c3ccccc32)Oc2ccccc2O4)cc1. The third kappa shape index (κ3) is 5.57. The summed E-state index contributed by atoms with van der Waals surface area (Å²) < 4.78 is 27.3. The van der Waals surface area contributed by atoms with Gasteiger partial charge in [-0.2, -0.15) is 0 Å². The first-order chi connectivity index (χ1) is 32.8. The largest absolute Gasteiger partial charge is 0.456 e. The van der Waals surface area contributed by atoms with Gasteiger partial charge in [0.15, 0.2) is 28.7 Å². The normalized spacial score (nSPS) is 14.3. The van der Waals surface area contributed by atoms with E-state index in [-0.39, 0.29) is 5.41 Å². The molecule has 0 N–H and O–H groups in total. The van der Waals surface area contributed by atoms with Crippen LogP contribution in [0.2, 0.25) is 0 Å². The van der Waals surface area contributed by atoms with Crippen LogP contribution in [0.15, 0.2) is 196 Å². The number of ether oxygens (including phenoxy) is 3. The number of rotatable bonds is 3. The van der Waals surface area contributed by atoms with Crippen LogP contribution in [0.4, 0.5) is 17.1 Å². The average Bonchev–Trinajstić information content (AvgIpc) is 3.83. The van der Waals surface area contributed by atoms with Crippen LogP contribution in [-0.2, 0) is 10.8 Å². The molecule has 2 aliphatic carbocycles. The standard InChI is InChI=1S/C61H41NO4S/c1-60(2,3)37-25-27-38(28-26-37)62(39-29-31-43-42-16-6-9-19-50(42)63-54(43)33-39)49-34-48-44(59-58(49)66-53-22-12-13-23-57(53)67-59)30-24-36-32-55-56(65-52-21-11-10-20-51(52)64-55)35-47(36)61(48)45-17-7-4-14-40(45)41-15-5-8-18-46(41)61/h4-35H,1-3H3. The minimum absolute atomic E-state index is 0.0331. The van der Waals surface area contributed by atoms with Gasteiger partial charge in [-0.15, -0.1) is 0 Å². The van der Waals surface area contributed by atoms with Crippen LogP contribution in [0.25, 0.3) is 45.2 Å². The lowest BCUT2D eigenvalue weighted by Crippen LogP contribution is -2.31. The van der Waals surface area contributed by atoms with Crippen LogP contribution in [0.5, 0.6) is 34.5 Å². The van der Waals surface area contributed by atoms with Gasteiger partial charge < -0.3 is 23.5 Å². The Labute approximate surface area is 392 Å². The molecular weight excluding hydrogens is 843 g/mol. The lowest BCUT2D eigenvalue weighted by atomic mass is 9.65. The molecule has 4 aliphatic rings. The average molecular weight is 884 g/mol. The molecule has 6 heteroatoms. The van der Waals surface area contributed by atoms with Gasteiger partial charge in [-0.05, 0) is 128 Å². The van der Waals surface area contributed by atoms with Gasteiger partial charge in [0, 0.05) is 22.5 Å². The van der Waals surface area contributed by atoms with Gasteiger partial charge in [-0.3, -0.25) is 0 Å². The number of para-hydroxylation sites is 4. The van der Waals surface area contributed by atoms with Crippen LogP contribution >= 0.6 is 11.8 Å². The second-order valence-electron chi connectivity index (χ2n) is 18.8. The minimum Gasteiger partial charge on any atom is -0.456 e. The molecule has 9 aromatic carbocycles. The summed E-state index contributed by atoms with van der Waals surface area (Å²) in [6.07, 6.45) is 4.56. The van der Waals surface area contributed by atoms with Crippen molar-refractivity contribution < 1.29 is 18.6 Å². The Morgan fingerprint density at radius 1 is 0.478 bits per heavy atom. The lowest BCUT2D eigenvalue weighted by molar-refractivity contribution is 0.358. The fraction of sp³-hybridized carbons (Fsp3) is 0.0820. The van der Waals surface area contributed by atoms with Gasteiger partial charge in [0.2, 0.25) is 0 Å². The van der Waals surface area contributed by atoms with Crippen molar-refractivity contribution in [3.63, 3.8) is 0 Å². The highest BCUT2D eigenvalue weighted by atomic mass is 32.2. The summed E-state index contributed by atoms with van der Waals surface area (Å²) >= 11 is 1.77. The maximum Gasteiger partial charge on any atom is 0.170 e. The van der Waals surface area contributed by atoms with Crippen molar-refractivity contribution in [1.82, 2.24) is 0 Å². The van der Waals surface area contributed by atoms with Crippen molar-refractivity contribution in [1.29, 1.82) is 0 Å². The molecule has 0 radical (unpaired) electrons. The third-order valence-corrected chi connectivity index (χ3v) is 15.1. The predicted molar refractivity (Wildman–Crippen MR) is 271 cm³/mol. The van der Waals surface area contributed by atoms with E-state index in [9.17, 15) is 0 Å². The molecule has 67 heavy (non-hydrogen) atoms. The lowest BCUT2D eigenvalue weighted by Gasteiger charge is -2.39. The quantitative estimate of drug-likeness (QED) is 0.176. The summed E-state index contributed by atoms with van der Waals surface area (Å²) in [5, 5.41) is 2.17. The van der Waals surface area contributed by atoms with E-state index in [4.69, 9.17) is 18.6 Å². The summed E-state index contributed by atoms with van der Waals surface area (Å²) in [5.41, 5.74) is 14.2. The molecule has 2 aliphatic heterocycles. The van der Waals surface area contributed by atoms with E-state index in [2.05, 4.69) is 177 Å². The monoisotopic (exact) mass is 883 g/mol. The zero-order chi connectivity index (χ0) is 44.6. The molecule has 14 rings (SSSR count). The van der Waals surface area contributed by atoms with E-state index in [0.29, 0.717) is 23.0 Å². The van der Waals surface area contributed by atoms with Crippen molar-refractivity contribution in [2.24, 2.45) is 0 Å². The molecule has 0 atom stereocenters. The summed E-state index contributed by atoms with van der Waals surface area (Å²) in [6, 6.07) is 64.8. The fourth-order valence-electron chi connectivity index (χ4n) is 10.9. The van der Waals surface area contributed by atoms with Crippen LogP contribution in [-0.4, -0.2) is 0 Å². The Kier molecular flexibility index (Phi) is 8.04. The summed E-state index contributed by atoms with van der Waals surface area (Å²) in [4.78, 5) is 4.47.